The molecule has 0 aromatic carbocycles. The minimum Gasteiger partial charge on any atom is -0.444 e. The Hall–Kier alpha value is -2.55. The zero-order valence-electron chi connectivity index (χ0n) is 27.2. The van der Waals surface area contributed by atoms with Gasteiger partial charge in [-0.1, -0.05) is 47.6 Å². The number of hydrogen-bond acceptors (Lipinski definition) is 7. The molecular weight excluding hydrogens is 558 g/mol. The second kappa shape index (κ2) is 17.2. The smallest absolute Gasteiger partial charge is 0.411 e. The van der Waals surface area contributed by atoms with Gasteiger partial charge in [-0.05, 0) is 79.7 Å². The van der Waals surface area contributed by atoms with E-state index in [1.54, 1.807) is 22.8 Å². The van der Waals surface area contributed by atoms with Crippen molar-refractivity contribution >= 4 is 29.4 Å². The third-order valence-electron chi connectivity index (χ3n) is 8.83. The quantitative estimate of drug-likeness (QED) is 0.256. The molecule has 44 heavy (non-hydrogen) atoms. The molecular formula is C35H63N3O6. The van der Waals surface area contributed by atoms with E-state index in [0.717, 1.165) is 58.0 Å². The van der Waals surface area contributed by atoms with Crippen molar-refractivity contribution in [3.63, 3.8) is 0 Å². The molecule has 0 aromatic heterocycles. The van der Waals surface area contributed by atoms with E-state index < -0.39 is 17.2 Å². The van der Waals surface area contributed by atoms with Crippen LogP contribution in [0, 0.1) is 0 Å². The summed E-state index contributed by atoms with van der Waals surface area (Å²) < 4.78 is 5.37. The molecule has 9 heteroatoms. The SMILES string of the molecule is C.C.C=CC[C@@]1(C)C(=O)CCCN1C(=O)OC(C)(C)C.CCC[C@]1(C)NCCCC1=O.CCC[C@]12CC(=O)N1CCCC2=O. The first-order chi connectivity index (χ1) is 19.6. The number of carbonyl (C=O) groups is 5. The molecule has 254 valence electrons. The molecule has 4 heterocycles. The zero-order valence-corrected chi connectivity index (χ0v) is 27.2. The zero-order chi connectivity index (χ0) is 31.8. The highest BCUT2D eigenvalue weighted by Gasteiger charge is 2.56. The first-order valence-electron chi connectivity index (χ1n) is 15.9. The number of Topliss-reactive ketones (excluding diaryl/α,β-unsaturated/α-hetero) is 3. The van der Waals surface area contributed by atoms with Crippen molar-refractivity contribution in [3.8, 4) is 0 Å². The largest absolute Gasteiger partial charge is 0.444 e. The predicted octanol–water partition coefficient (Wildman–Crippen LogP) is 6.81. The van der Waals surface area contributed by atoms with Crippen LogP contribution in [0.3, 0.4) is 0 Å². The van der Waals surface area contributed by atoms with Gasteiger partial charge < -0.3 is 15.0 Å². The Kier molecular flexibility index (Phi) is 16.2. The fourth-order valence-electron chi connectivity index (χ4n) is 6.48. The van der Waals surface area contributed by atoms with Crippen LogP contribution in [-0.2, 0) is 23.9 Å². The lowest BCUT2D eigenvalue weighted by Crippen LogP contribution is -2.69. The first-order valence-corrected chi connectivity index (χ1v) is 15.9. The van der Waals surface area contributed by atoms with Crippen molar-refractivity contribution in [2.75, 3.05) is 19.6 Å². The maximum atomic E-state index is 12.2. The van der Waals surface area contributed by atoms with E-state index >= 15 is 0 Å². The summed E-state index contributed by atoms with van der Waals surface area (Å²) in [7, 11) is 0. The van der Waals surface area contributed by atoms with Gasteiger partial charge in [0.25, 0.3) is 0 Å². The van der Waals surface area contributed by atoms with Gasteiger partial charge in [0.2, 0.25) is 5.91 Å². The van der Waals surface area contributed by atoms with Gasteiger partial charge in [0.05, 0.1) is 12.0 Å². The molecule has 4 aliphatic rings. The number of carbonyl (C=O) groups excluding carboxylic acids is 5. The van der Waals surface area contributed by atoms with E-state index in [-0.39, 0.29) is 37.6 Å². The van der Waals surface area contributed by atoms with E-state index in [9.17, 15) is 24.0 Å². The molecule has 9 nitrogen and oxygen atoms in total. The molecule has 0 spiro atoms. The van der Waals surface area contributed by atoms with Gasteiger partial charge in [0.15, 0.2) is 17.3 Å². The van der Waals surface area contributed by atoms with Gasteiger partial charge in [-0.3, -0.25) is 24.1 Å². The molecule has 0 aliphatic carbocycles. The highest BCUT2D eigenvalue weighted by atomic mass is 16.6. The Morgan fingerprint density at radius 2 is 1.48 bits per heavy atom. The maximum Gasteiger partial charge on any atom is 0.411 e. The number of ether oxygens (including phenoxy) is 1. The summed E-state index contributed by atoms with van der Waals surface area (Å²) in [5.74, 6) is 0.937. The Morgan fingerprint density at radius 1 is 0.909 bits per heavy atom. The average molecular weight is 622 g/mol. The van der Waals surface area contributed by atoms with Crippen molar-refractivity contribution < 1.29 is 28.7 Å². The fraction of sp³-hybridized carbons (Fsp3) is 0.800. The number of rotatable bonds is 6. The molecule has 1 N–H and O–H groups in total. The van der Waals surface area contributed by atoms with Crippen LogP contribution in [-0.4, -0.2) is 81.0 Å². The highest BCUT2D eigenvalue weighted by Crippen LogP contribution is 2.41. The summed E-state index contributed by atoms with van der Waals surface area (Å²) in [4.78, 5) is 62.0. The topological polar surface area (TPSA) is 113 Å². The molecule has 0 saturated carbocycles. The van der Waals surface area contributed by atoms with E-state index in [2.05, 4.69) is 25.7 Å². The molecule has 0 aromatic rings. The Labute approximate surface area is 267 Å². The number of fused-ring (bicyclic) bond motifs is 1. The standard InChI is InChI=1S/C14H23NO3.C10H15NO2.C9H17NO.2CH4/c1-6-9-14(5)11(16)8-7-10-15(14)12(17)18-13(2,3)4;1-2-5-10-7-9(13)11(10)6-3-4-8(10)12;1-3-6-9(2)8(11)5-4-7-10-9;;/h6H,1,7-10H2,2-5H3;2-7H2,1H3;10H,3-7H2,1-2H3;2*1H4/t14-;10-;9-;;/m010../s1. The second-order valence-corrected chi connectivity index (χ2v) is 13.5. The highest BCUT2D eigenvalue weighted by molar-refractivity contribution is 6.03. The van der Waals surface area contributed by atoms with Crippen molar-refractivity contribution in [2.45, 2.75) is 163 Å². The minimum absolute atomic E-state index is 0. The summed E-state index contributed by atoms with van der Waals surface area (Å²) >= 11 is 0. The van der Waals surface area contributed by atoms with Gasteiger partial charge in [-0.25, -0.2) is 4.79 Å². The van der Waals surface area contributed by atoms with Crippen LogP contribution in [0.4, 0.5) is 4.79 Å². The number of hydrogen-bond donors (Lipinski definition) is 1. The second-order valence-electron chi connectivity index (χ2n) is 13.5. The molecule has 0 unspecified atom stereocenters. The van der Waals surface area contributed by atoms with E-state index in [1.165, 1.54) is 0 Å². The number of ketones is 3. The normalized spacial score (nSPS) is 28.0. The lowest BCUT2D eigenvalue weighted by Gasteiger charge is -2.53. The minimum atomic E-state index is -0.803. The van der Waals surface area contributed by atoms with E-state index in [0.29, 0.717) is 50.2 Å². The summed E-state index contributed by atoms with van der Waals surface area (Å²) in [6, 6.07) is 0. The lowest BCUT2D eigenvalue weighted by atomic mass is 9.72. The van der Waals surface area contributed by atoms with Crippen molar-refractivity contribution in [2.24, 2.45) is 0 Å². The summed E-state index contributed by atoms with van der Waals surface area (Å²) in [5.41, 5.74) is -1.91. The Morgan fingerprint density at radius 3 is 2.00 bits per heavy atom. The van der Waals surface area contributed by atoms with Gasteiger partial charge in [0, 0.05) is 32.4 Å². The van der Waals surface area contributed by atoms with Crippen LogP contribution < -0.4 is 5.32 Å². The van der Waals surface area contributed by atoms with Gasteiger partial charge in [-0.15, -0.1) is 6.58 Å². The average Bonchev–Trinajstić information content (AvgIpc) is 2.89. The Bertz CT molecular complexity index is 1020. The lowest BCUT2D eigenvalue weighted by molar-refractivity contribution is -0.170. The molecule has 2 amide bonds. The van der Waals surface area contributed by atoms with Gasteiger partial charge in [-0.2, -0.15) is 0 Å². The van der Waals surface area contributed by atoms with Crippen molar-refractivity contribution in [3.05, 3.63) is 12.7 Å². The number of nitrogens with one attached hydrogen (secondary N) is 1. The van der Waals surface area contributed by atoms with Crippen LogP contribution in [0.25, 0.3) is 0 Å². The van der Waals surface area contributed by atoms with Crippen molar-refractivity contribution in [1.82, 2.24) is 15.1 Å². The summed E-state index contributed by atoms with van der Waals surface area (Å²) in [6.45, 7) is 19.5. The van der Waals surface area contributed by atoms with Gasteiger partial charge in [0.1, 0.15) is 16.7 Å². The molecule has 4 rings (SSSR count). The third-order valence-corrected chi connectivity index (χ3v) is 8.83. The number of amides is 2. The van der Waals surface area contributed by atoms with Crippen LogP contribution in [0.1, 0.15) is 140 Å². The number of likely N-dealkylation sites (tertiary alicyclic amines) is 1. The number of nitrogens with zero attached hydrogens (tertiary/aromatic N) is 2. The maximum absolute atomic E-state index is 12.2. The summed E-state index contributed by atoms with van der Waals surface area (Å²) in [6.07, 6.45) is 10.6. The van der Waals surface area contributed by atoms with Crippen LogP contribution in [0.15, 0.2) is 12.7 Å². The van der Waals surface area contributed by atoms with Gasteiger partial charge >= 0.3 is 6.09 Å². The molecule has 4 aliphatic heterocycles. The first kappa shape index (κ1) is 41.4. The molecule has 3 atom stereocenters. The summed E-state index contributed by atoms with van der Waals surface area (Å²) in [5, 5.41) is 3.30. The number of piperidine rings is 3. The molecule has 0 radical (unpaired) electrons. The van der Waals surface area contributed by atoms with Crippen LogP contribution in [0.2, 0.25) is 0 Å². The van der Waals surface area contributed by atoms with Crippen LogP contribution in [0.5, 0.6) is 0 Å². The van der Waals surface area contributed by atoms with Crippen molar-refractivity contribution in [1.29, 1.82) is 0 Å². The van der Waals surface area contributed by atoms with Crippen LogP contribution >= 0.6 is 0 Å². The Balaban J connectivity index is 0.000000635. The molecule has 4 saturated heterocycles. The monoisotopic (exact) mass is 621 g/mol. The van der Waals surface area contributed by atoms with E-state index in [1.807, 2.05) is 27.7 Å². The molecule has 4 fully saturated rings. The number of β-lactam (4-membered cyclic amide) rings is 1. The predicted molar refractivity (Wildman–Crippen MR) is 178 cm³/mol. The fourth-order valence-corrected chi connectivity index (χ4v) is 6.48. The molecule has 0 bridgehead atoms. The third kappa shape index (κ3) is 9.72. The van der Waals surface area contributed by atoms with E-state index in [4.69, 9.17) is 4.74 Å².